The molecule has 4 amide bonds. The third-order valence-corrected chi connectivity index (χ3v) is 5.57. The molecule has 11 nitrogen and oxygen atoms in total. The summed E-state index contributed by atoms with van der Waals surface area (Å²) in [5, 5.41) is 8.11. The second-order valence-electron chi connectivity index (χ2n) is 7.97. The Kier molecular flexibility index (Phi) is 9.95. The fraction of sp³-hybridized carbons (Fsp3) is 0.565. The molecule has 3 rings (SSSR count). The molecule has 0 radical (unpaired) electrons. The third-order valence-electron chi connectivity index (χ3n) is 5.57. The van der Waals surface area contributed by atoms with Crippen LogP contribution in [0.3, 0.4) is 0 Å². The Morgan fingerprint density at radius 1 is 1.06 bits per heavy atom. The number of carbonyl (C=O) groups excluding carboxylic acids is 4. The van der Waals surface area contributed by atoms with Crippen molar-refractivity contribution in [2.75, 3.05) is 58.6 Å². The average Bonchev–Trinajstić information content (AvgIpc) is 3.15. The van der Waals surface area contributed by atoms with Gasteiger partial charge in [0.15, 0.2) is 0 Å². The molecule has 186 valence electrons. The number of rotatable bonds is 14. The minimum Gasteiger partial charge on any atom is -0.379 e. The molecule has 1 fully saturated rings. The Morgan fingerprint density at radius 2 is 1.76 bits per heavy atom. The third kappa shape index (κ3) is 7.07. The first kappa shape index (κ1) is 25.8. The summed E-state index contributed by atoms with van der Waals surface area (Å²) in [6.07, 6.45) is 0.633. The second-order valence-corrected chi connectivity index (χ2v) is 7.97. The fourth-order valence-electron chi connectivity index (χ4n) is 3.80. The first-order valence-corrected chi connectivity index (χ1v) is 11.5. The van der Waals surface area contributed by atoms with Gasteiger partial charge in [-0.15, -0.1) is 0 Å². The van der Waals surface area contributed by atoms with Gasteiger partial charge in [0.05, 0.1) is 46.1 Å². The number of benzene rings is 1. The zero-order chi connectivity index (χ0) is 24.3. The molecule has 0 saturated carbocycles. The molecule has 1 saturated heterocycles. The number of imide groups is 1. The number of nitrogens with zero attached hydrogens (tertiary/aromatic N) is 1. The molecule has 1 aromatic rings. The Hall–Kier alpha value is -2.86. The van der Waals surface area contributed by atoms with Crippen molar-refractivity contribution in [3.05, 3.63) is 29.3 Å². The van der Waals surface area contributed by atoms with Crippen molar-refractivity contribution in [2.24, 2.45) is 0 Å². The number of carbonyl (C=O) groups is 4. The quantitative estimate of drug-likeness (QED) is 0.253. The van der Waals surface area contributed by atoms with Crippen LogP contribution in [0.25, 0.3) is 0 Å². The largest absolute Gasteiger partial charge is 0.379 e. The normalized spacial score (nSPS) is 17.6. The smallest absolute Gasteiger partial charge is 0.255 e. The summed E-state index contributed by atoms with van der Waals surface area (Å²) >= 11 is 0. The summed E-state index contributed by atoms with van der Waals surface area (Å²) in [5.41, 5.74) is 1.65. The Balaban J connectivity index is 1.39. The van der Waals surface area contributed by atoms with Gasteiger partial charge in [-0.3, -0.25) is 24.5 Å². The number of nitrogens with one attached hydrogen (secondary N) is 3. The van der Waals surface area contributed by atoms with Crippen molar-refractivity contribution in [1.82, 2.24) is 15.5 Å². The fourth-order valence-corrected chi connectivity index (χ4v) is 3.80. The lowest BCUT2D eigenvalue weighted by atomic mass is 10.0. The second kappa shape index (κ2) is 13.1. The lowest BCUT2D eigenvalue weighted by Gasteiger charge is -2.29. The molecule has 3 N–H and O–H groups in total. The zero-order valence-corrected chi connectivity index (χ0v) is 19.4. The predicted molar refractivity (Wildman–Crippen MR) is 122 cm³/mol. The molecule has 2 heterocycles. The summed E-state index contributed by atoms with van der Waals surface area (Å²) in [6.45, 7) is 3.68. The van der Waals surface area contributed by atoms with E-state index in [1.807, 2.05) is 7.05 Å². The van der Waals surface area contributed by atoms with Gasteiger partial charge in [-0.1, -0.05) is 6.07 Å². The van der Waals surface area contributed by atoms with Gasteiger partial charge in [0, 0.05) is 36.3 Å². The highest BCUT2D eigenvalue weighted by Crippen LogP contribution is 2.32. The van der Waals surface area contributed by atoms with Gasteiger partial charge in [0.1, 0.15) is 6.04 Å². The highest BCUT2D eigenvalue weighted by atomic mass is 16.5. The minimum absolute atomic E-state index is 0.154. The van der Waals surface area contributed by atoms with Crippen LogP contribution in [0.5, 0.6) is 0 Å². The van der Waals surface area contributed by atoms with Crippen LogP contribution >= 0.6 is 0 Å². The lowest BCUT2D eigenvalue weighted by molar-refractivity contribution is -0.137. The number of hydrogen-bond donors (Lipinski definition) is 3. The van der Waals surface area contributed by atoms with E-state index in [2.05, 4.69) is 16.0 Å². The number of amides is 4. The molecular formula is C23H32N4O7. The molecule has 0 aromatic heterocycles. The summed E-state index contributed by atoms with van der Waals surface area (Å²) in [5.74, 6) is -1.32. The van der Waals surface area contributed by atoms with E-state index in [9.17, 15) is 19.2 Å². The summed E-state index contributed by atoms with van der Waals surface area (Å²) in [7, 11) is 1.86. The van der Waals surface area contributed by atoms with E-state index in [-0.39, 0.29) is 50.1 Å². The van der Waals surface area contributed by atoms with E-state index >= 15 is 0 Å². The summed E-state index contributed by atoms with van der Waals surface area (Å²) in [6, 6.07) is 4.40. The number of ether oxygens (including phenoxy) is 3. The van der Waals surface area contributed by atoms with Crippen LogP contribution in [0.4, 0.5) is 5.69 Å². The lowest BCUT2D eigenvalue weighted by Crippen LogP contribution is -2.52. The molecular weight excluding hydrogens is 444 g/mol. The van der Waals surface area contributed by atoms with E-state index in [0.717, 1.165) is 6.54 Å². The highest BCUT2D eigenvalue weighted by Gasteiger charge is 2.39. The minimum atomic E-state index is -0.698. The van der Waals surface area contributed by atoms with Crippen molar-refractivity contribution < 1.29 is 33.4 Å². The molecule has 0 spiro atoms. The molecule has 34 heavy (non-hydrogen) atoms. The zero-order valence-electron chi connectivity index (χ0n) is 19.4. The Morgan fingerprint density at radius 3 is 2.47 bits per heavy atom. The van der Waals surface area contributed by atoms with Gasteiger partial charge in [-0.2, -0.15) is 0 Å². The predicted octanol–water partition coefficient (Wildman–Crippen LogP) is 0.0454. The van der Waals surface area contributed by atoms with Gasteiger partial charge < -0.3 is 29.7 Å². The maximum Gasteiger partial charge on any atom is 0.255 e. The maximum atomic E-state index is 12.9. The van der Waals surface area contributed by atoms with Gasteiger partial charge in [-0.25, -0.2) is 0 Å². The van der Waals surface area contributed by atoms with Crippen LogP contribution in [0, 0.1) is 0 Å². The van der Waals surface area contributed by atoms with Gasteiger partial charge in [0.25, 0.3) is 5.91 Å². The maximum absolute atomic E-state index is 12.9. The van der Waals surface area contributed by atoms with E-state index in [4.69, 9.17) is 14.2 Å². The molecule has 2 aliphatic heterocycles. The molecule has 1 aromatic carbocycles. The summed E-state index contributed by atoms with van der Waals surface area (Å²) in [4.78, 5) is 50.3. The van der Waals surface area contributed by atoms with E-state index in [0.29, 0.717) is 49.8 Å². The molecule has 0 bridgehead atoms. The van der Waals surface area contributed by atoms with Crippen LogP contribution in [0.15, 0.2) is 18.2 Å². The molecule has 1 unspecified atom stereocenters. The standard InChI is InChI=1S/C23H32N4O7/c1-24-8-10-33-12-14-34-13-11-32-9-7-21(29)25-18-4-2-3-16-17(18)15-27(23(16)31)19-5-6-20(28)26-22(19)30/h2-4,19,24H,5-15H2,1H3,(H,25,29)(H,26,28,30). The van der Waals surface area contributed by atoms with Gasteiger partial charge in [0.2, 0.25) is 17.7 Å². The number of hydrogen-bond acceptors (Lipinski definition) is 8. The van der Waals surface area contributed by atoms with Crippen molar-refractivity contribution in [2.45, 2.75) is 31.8 Å². The monoisotopic (exact) mass is 476 g/mol. The van der Waals surface area contributed by atoms with Crippen LogP contribution < -0.4 is 16.0 Å². The van der Waals surface area contributed by atoms with Crippen molar-refractivity contribution in [3.63, 3.8) is 0 Å². The Bertz CT molecular complexity index is 892. The first-order valence-electron chi connectivity index (χ1n) is 11.5. The van der Waals surface area contributed by atoms with Crippen molar-refractivity contribution in [3.8, 4) is 0 Å². The van der Waals surface area contributed by atoms with Crippen LogP contribution in [-0.4, -0.2) is 87.8 Å². The summed E-state index contributed by atoms with van der Waals surface area (Å²) < 4.78 is 16.2. The molecule has 1 atom stereocenters. The van der Waals surface area contributed by atoms with Crippen LogP contribution in [0.1, 0.15) is 35.2 Å². The van der Waals surface area contributed by atoms with Crippen LogP contribution in [0.2, 0.25) is 0 Å². The average molecular weight is 477 g/mol. The molecule has 2 aliphatic rings. The van der Waals surface area contributed by atoms with E-state index in [1.54, 1.807) is 18.2 Å². The topological polar surface area (TPSA) is 135 Å². The van der Waals surface area contributed by atoms with E-state index in [1.165, 1.54) is 4.90 Å². The number of likely N-dealkylation sites (N-methyl/N-ethyl adjacent to an activating group) is 1. The number of fused-ring (bicyclic) bond motifs is 1. The Labute approximate surface area is 198 Å². The van der Waals surface area contributed by atoms with E-state index < -0.39 is 11.9 Å². The SMILES string of the molecule is CNCCOCCOCCOCCC(=O)Nc1cccc2c1CN(C1CCC(=O)NC1=O)C2=O. The first-order chi connectivity index (χ1) is 16.5. The number of piperidine rings is 1. The van der Waals surface area contributed by atoms with Crippen LogP contribution in [-0.2, 0) is 35.1 Å². The van der Waals surface area contributed by atoms with Crippen molar-refractivity contribution >= 4 is 29.3 Å². The molecule has 0 aliphatic carbocycles. The highest BCUT2D eigenvalue weighted by molar-refractivity contribution is 6.06. The molecule has 11 heteroatoms. The van der Waals surface area contributed by atoms with Crippen molar-refractivity contribution in [1.29, 1.82) is 0 Å². The van der Waals surface area contributed by atoms with Gasteiger partial charge >= 0.3 is 0 Å². The number of anilines is 1. The van der Waals surface area contributed by atoms with Gasteiger partial charge in [-0.05, 0) is 25.6 Å².